The van der Waals surface area contributed by atoms with E-state index in [0.29, 0.717) is 11.3 Å². The predicted octanol–water partition coefficient (Wildman–Crippen LogP) is 1.23. The van der Waals surface area contributed by atoms with Crippen molar-refractivity contribution < 1.29 is 22.8 Å². The molecule has 2 amide bonds. The van der Waals surface area contributed by atoms with Crippen LogP contribution in [0.15, 0.2) is 12.7 Å². The summed E-state index contributed by atoms with van der Waals surface area (Å²) in [5, 5.41) is 8.72. The van der Waals surface area contributed by atoms with Gasteiger partial charge >= 0.3 is 6.18 Å². The largest absolute Gasteiger partial charge is 0.395 e. The molecule has 0 atom stereocenters. The maximum absolute atomic E-state index is 12.1. The van der Waals surface area contributed by atoms with Crippen molar-refractivity contribution in [1.29, 1.82) is 0 Å². The quantitative estimate of drug-likeness (QED) is 0.830. The summed E-state index contributed by atoms with van der Waals surface area (Å²) in [5.41, 5.74) is 0. The van der Waals surface area contributed by atoms with E-state index in [1.165, 1.54) is 7.05 Å². The van der Waals surface area contributed by atoms with E-state index in [1.54, 1.807) is 0 Å². The molecule has 110 valence electrons. The van der Waals surface area contributed by atoms with Crippen molar-refractivity contribution in [2.24, 2.45) is 0 Å². The first kappa shape index (κ1) is 16.1. The number of hydrogen-bond donors (Lipinski definition) is 1. The van der Waals surface area contributed by atoms with E-state index in [1.807, 2.05) is 0 Å². The number of nitrogens with one attached hydrogen (secondary N) is 1. The summed E-state index contributed by atoms with van der Waals surface area (Å²) in [6, 6.07) is 0. The molecule has 1 aromatic heterocycles. The number of halogens is 3. The molecule has 1 heterocycles. The van der Waals surface area contributed by atoms with Crippen LogP contribution in [0.25, 0.3) is 0 Å². The van der Waals surface area contributed by atoms with Crippen molar-refractivity contribution >= 4 is 28.3 Å². The molecule has 0 spiro atoms. The second-order valence-corrected chi connectivity index (χ2v) is 4.80. The fraction of sp³-hybridized carbons (Fsp3) is 0.400. The molecule has 1 rings (SSSR count). The van der Waals surface area contributed by atoms with Crippen molar-refractivity contribution in [2.75, 3.05) is 18.9 Å². The predicted molar refractivity (Wildman–Crippen MR) is 66.1 cm³/mol. The molecule has 6 nitrogen and oxygen atoms in total. The highest BCUT2D eigenvalue weighted by atomic mass is 32.1. The smallest absolute Gasteiger partial charge is 0.333 e. The van der Waals surface area contributed by atoms with Gasteiger partial charge < -0.3 is 4.90 Å². The molecule has 0 bridgehead atoms. The third kappa shape index (κ3) is 5.34. The molecular formula is C10H11F3N4O2S. The minimum absolute atomic E-state index is 0.0475. The second-order valence-electron chi connectivity index (χ2n) is 3.74. The maximum atomic E-state index is 12.1. The number of likely N-dealkylation sites (N-methyl/N-ethyl adjacent to an activating group) is 1. The Kier molecular flexibility index (Phi) is 5.19. The van der Waals surface area contributed by atoms with Gasteiger partial charge in [-0.1, -0.05) is 17.9 Å². The lowest BCUT2D eigenvalue weighted by molar-refractivity contribution is -0.129. The molecule has 0 unspecified atom stereocenters. The minimum atomic E-state index is -4.38. The van der Waals surface area contributed by atoms with E-state index in [-0.39, 0.29) is 16.7 Å². The summed E-state index contributed by atoms with van der Waals surface area (Å²) in [6.45, 7) is 3.00. The number of rotatable bonds is 5. The van der Waals surface area contributed by atoms with Crippen molar-refractivity contribution in [1.82, 2.24) is 15.1 Å². The first-order valence-corrected chi connectivity index (χ1v) is 6.09. The van der Waals surface area contributed by atoms with Gasteiger partial charge in [0.05, 0.1) is 13.0 Å². The highest BCUT2D eigenvalue weighted by Gasteiger charge is 2.30. The van der Waals surface area contributed by atoms with Crippen LogP contribution in [0.3, 0.4) is 0 Å². The van der Waals surface area contributed by atoms with Crippen LogP contribution in [0, 0.1) is 0 Å². The molecule has 0 aliphatic carbocycles. The van der Waals surface area contributed by atoms with Crippen LogP contribution in [0.1, 0.15) is 5.01 Å². The molecule has 0 saturated carbocycles. The van der Waals surface area contributed by atoms with E-state index >= 15 is 0 Å². The van der Waals surface area contributed by atoms with E-state index in [9.17, 15) is 22.8 Å². The van der Waals surface area contributed by atoms with E-state index in [0.717, 1.165) is 11.0 Å². The molecule has 0 aliphatic heterocycles. The van der Waals surface area contributed by atoms with Crippen LogP contribution in [-0.4, -0.2) is 46.7 Å². The topological polar surface area (TPSA) is 75.2 Å². The summed E-state index contributed by atoms with van der Waals surface area (Å²) >= 11 is 0.632. The lowest BCUT2D eigenvalue weighted by atomic mass is 10.4. The van der Waals surface area contributed by atoms with Gasteiger partial charge in [0.2, 0.25) is 16.9 Å². The van der Waals surface area contributed by atoms with Gasteiger partial charge in [0.25, 0.3) is 0 Å². The zero-order valence-corrected chi connectivity index (χ0v) is 11.2. The molecule has 0 saturated heterocycles. The number of aromatic nitrogens is 2. The summed E-state index contributed by atoms with van der Waals surface area (Å²) in [4.78, 5) is 23.8. The van der Waals surface area contributed by atoms with Gasteiger partial charge in [-0.2, -0.15) is 13.2 Å². The lowest BCUT2D eigenvalue weighted by Gasteiger charge is -2.13. The fourth-order valence-electron chi connectivity index (χ4n) is 1.15. The summed E-state index contributed by atoms with van der Waals surface area (Å²) in [5.74, 6) is -1.03. The third-order valence-corrected chi connectivity index (χ3v) is 2.84. The monoisotopic (exact) mass is 308 g/mol. The van der Waals surface area contributed by atoms with Crippen molar-refractivity contribution in [3.05, 3.63) is 17.7 Å². The second kappa shape index (κ2) is 6.46. The number of carbonyl (C=O) groups excluding carboxylic acids is 2. The van der Waals surface area contributed by atoms with Gasteiger partial charge in [-0.05, 0) is 6.08 Å². The van der Waals surface area contributed by atoms with Gasteiger partial charge in [0.15, 0.2) is 0 Å². The van der Waals surface area contributed by atoms with E-state index < -0.39 is 24.4 Å². The normalized spacial score (nSPS) is 11.0. The molecule has 0 aliphatic rings. The Morgan fingerprint density at radius 2 is 2.10 bits per heavy atom. The van der Waals surface area contributed by atoms with Crippen LogP contribution in [0.2, 0.25) is 0 Å². The van der Waals surface area contributed by atoms with Crippen LogP contribution in [0.5, 0.6) is 0 Å². The molecular weight excluding hydrogens is 297 g/mol. The molecule has 0 radical (unpaired) electrons. The number of carbonyl (C=O) groups is 2. The zero-order valence-electron chi connectivity index (χ0n) is 10.4. The number of hydrogen-bond acceptors (Lipinski definition) is 5. The Morgan fingerprint density at radius 3 is 2.65 bits per heavy atom. The highest BCUT2D eigenvalue weighted by Crippen LogP contribution is 2.24. The molecule has 0 aromatic carbocycles. The molecule has 10 heteroatoms. The van der Waals surface area contributed by atoms with E-state index in [2.05, 4.69) is 22.1 Å². The zero-order chi connectivity index (χ0) is 15.3. The van der Waals surface area contributed by atoms with Gasteiger partial charge in [0, 0.05) is 7.05 Å². The Balaban J connectivity index is 2.55. The number of alkyl halides is 3. The molecule has 1 aromatic rings. The number of amides is 2. The lowest BCUT2D eigenvalue weighted by Crippen LogP contribution is -2.33. The first-order chi connectivity index (χ1) is 9.21. The summed E-state index contributed by atoms with van der Waals surface area (Å²) < 4.78 is 36.3. The molecule has 20 heavy (non-hydrogen) atoms. The van der Waals surface area contributed by atoms with Crippen molar-refractivity contribution in [2.45, 2.75) is 12.6 Å². The van der Waals surface area contributed by atoms with Crippen molar-refractivity contribution in [3.8, 4) is 0 Å². The summed E-state index contributed by atoms with van der Waals surface area (Å²) in [7, 11) is 1.39. The van der Waals surface area contributed by atoms with Crippen LogP contribution in [0.4, 0.5) is 18.3 Å². The fourth-order valence-corrected chi connectivity index (χ4v) is 1.94. The van der Waals surface area contributed by atoms with Crippen molar-refractivity contribution in [3.63, 3.8) is 0 Å². The third-order valence-electron chi connectivity index (χ3n) is 2.00. The van der Waals surface area contributed by atoms with Gasteiger partial charge in [-0.25, -0.2) is 0 Å². The van der Waals surface area contributed by atoms with Gasteiger partial charge in [0.1, 0.15) is 5.01 Å². The Hall–Kier alpha value is -1.97. The highest BCUT2D eigenvalue weighted by molar-refractivity contribution is 7.15. The van der Waals surface area contributed by atoms with Crippen LogP contribution in [-0.2, 0) is 16.0 Å². The molecule has 1 N–H and O–H groups in total. The van der Waals surface area contributed by atoms with Gasteiger partial charge in [-0.15, -0.1) is 10.2 Å². The SMILES string of the molecule is C=CC(=O)N(C)CC(=O)Nc1nnc(CC(F)(F)F)s1. The average molecular weight is 308 g/mol. The van der Waals surface area contributed by atoms with Crippen LogP contribution >= 0.6 is 11.3 Å². The Bertz CT molecular complexity index is 515. The molecule has 0 fully saturated rings. The standard InChI is InChI=1S/C10H11F3N4O2S/c1-3-8(19)17(2)5-6(18)14-9-16-15-7(20-9)4-10(11,12)13/h3H,1,4-5H2,2H3,(H,14,16,18). The summed E-state index contributed by atoms with van der Waals surface area (Å²) in [6.07, 6.45) is -4.54. The maximum Gasteiger partial charge on any atom is 0.395 e. The van der Waals surface area contributed by atoms with E-state index in [4.69, 9.17) is 0 Å². The first-order valence-electron chi connectivity index (χ1n) is 5.28. The number of anilines is 1. The minimum Gasteiger partial charge on any atom is -0.333 e. The Morgan fingerprint density at radius 1 is 1.45 bits per heavy atom. The average Bonchev–Trinajstić information content (AvgIpc) is 2.72. The number of nitrogens with zero attached hydrogens (tertiary/aromatic N) is 3. The van der Waals surface area contributed by atoms with Gasteiger partial charge in [-0.3, -0.25) is 14.9 Å². The Labute approximate surface area is 116 Å². The van der Waals surface area contributed by atoms with Crippen LogP contribution < -0.4 is 5.32 Å².